The topological polar surface area (TPSA) is 98.7 Å². The lowest BCUT2D eigenvalue weighted by atomic mass is 9.99. The number of nitrogens with one attached hydrogen (secondary N) is 2. The van der Waals surface area contributed by atoms with Crippen LogP contribution in [0.3, 0.4) is 0 Å². The summed E-state index contributed by atoms with van der Waals surface area (Å²) in [6, 6.07) is -0.910. The Morgan fingerprint density at radius 3 is 2.53 bits per heavy atom. The van der Waals surface area contributed by atoms with E-state index in [4.69, 9.17) is 5.11 Å². The van der Waals surface area contributed by atoms with Crippen LogP contribution < -0.4 is 10.6 Å². The van der Waals surface area contributed by atoms with E-state index in [1.807, 2.05) is 6.92 Å². The van der Waals surface area contributed by atoms with Crippen LogP contribution in [0.2, 0.25) is 0 Å². The Labute approximate surface area is 112 Å². The quantitative estimate of drug-likeness (QED) is 0.572. The van der Waals surface area contributed by atoms with Gasteiger partial charge in [-0.15, -0.1) is 0 Å². The minimum absolute atomic E-state index is 0.172. The maximum Gasteiger partial charge on any atom is 0.325 e. The number of rotatable bonds is 6. The van der Waals surface area contributed by atoms with Crippen molar-refractivity contribution < 1.29 is 19.5 Å². The number of hydrogen-bond donors (Lipinski definition) is 3. The second-order valence-electron chi connectivity index (χ2n) is 4.86. The molecule has 0 aromatic heterocycles. The van der Waals surface area contributed by atoms with Crippen molar-refractivity contribution in [1.29, 1.82) is 0 Å². The molecule has 0 saturated carbocycles. The third kappa shape index (κ3) is 3.23. The summed E-state index contributed by atoms with van der Waals surface area (Å²) in [5.41, 5.74) is -0.932. The van der Waals surface area contributed by atoms with Gasteiger partial charge in [-0.05, 0) is 19.8 Å². The number of aliphatic hydroxyl groups excluding tert-OH is 1. The Hall–Kier alpha value is -1.63. The number of imide groups is 1. The molecule has 1 aliphatic rings. The number of urea groups is 1. The summed E-state index contributed by atoms with van der Waals surface area (Å²) in [5, 5.41) is 14.1. The van der Waals surface area contributed by atoms with E-state index >= 15 is 0 Å². The van der Waals surface area contributed by atoms with E-state index in [1.54, 1.807) is 13.8 Å². The van der Waals surface area contributed by atoms with Crippen molar-refractivity contribution in [2.45, 2.75) is 45.2 Å². The number of carbonyl (C=O) groups is 3. The van der Waals surface area contributed by atoms with Crippen molar-refractivity contribution in [3.63, 3.8) is 0 Å². The summed E-state index contributed by atoms with van der Waals surface area (Å²) in [7, 11) is 0. The van der Waals surface area contributed by atoms with Gasteiger partial charge in [0.2, 0.25) is 5.91 Å². The minimum atomic E-state index is -0.932. The van der Waals surface area contributed by atoms with E-state index in [-0.39, 0.29) is 19.2 Å². The fourth-order valence-electron chi connectivity index (χ4n) is 1.82. The second kappa shape index (κ2) is 6.01. The summed E-state index contributed by atoms with van der Waals surface area (Å²) in [4.78, 5) is 36.4. The van der Waals surface area contributed by atoms with E-state index in [9.17, 15) is 14.4 Å². The largest absolute Gasteiger partial charge is 0.394 e. The molecule has 1 rings (SSSR count). The molecule has 0 aromatic rings. The third-order valence-corrected chi connectivity index (χ3v) is 3.43. The van der Waals surface area contributed by atoms with E-state index in [1.165, 1.54) is 0 Å². The highest BCUT2D eigenvalue weighted by atomic mass is 16.3. The molecular formula is C12H21N3O4. The molecule has 0 spiro atoms. The summed E-state index contributed by atoms with van der Waals surface area (Å²) in [5.74, 6) is -0.850. The molecule has 3 N–H and O–H groups in total. The zero-order valence-corrected chi connectivity index (χ0v) is 11.5. The van der Waals surface area contributed by atoms with E-state index in [0.29, 0.717) is 12.8 Å². The van der Waals surface area contributed by atoms with Gasteiger partial charge in [-0.25, -0.2) is 4.79 Å². The number of hydrogen-bond acceptors (Lipinski definition) is 4. The average molecular weight is 271 g/mol. The van der Waals surface area contributed by atoms with Gasteiger partial charge in [0.05, 0.1) is 12.6 Å². The Morgan fingerprint density at radius 1 is 1.47 bits per heavy atom. The molecule has 1 heterocycles. The van der Waals surface area contributed by atoms with Gasteiger partial charge in [0, 0.05) is 0 Å². The number of aliphatic hydroxyl groups is 1. The number of amides is 4. The van der Waals surface area contributed by atoms with Gasteiger partial charge in [0.15, 0.2) is 0 Å². The van der Waals surface area contributed by atoms with Crippen molar-refractivity contribution in [2.24, 2.45) is 0 Å². The van der Waals surface area contributed by atoms with Crippen LogP contribution in [0.5, 0.6) is 0 Å². The van der Waals surface area contributed by atoms with Gasteiger partial charge in [-0.3, -0.25) is 14.5 Å². The van der Waals surface area contributed by atoms with Crippen molar-refractivity contribution in [3.8, 4) is 0 Å². The van der Waals surface area contributed by atoms with Crippen LogP contribution in [0.1, 0.15) is 33.6 Å². The summed E-state index contributed by atoms with van der Waals surface area (Å²) < 4.78 is 0. The average Bonchev–Trinajstić information content (AvgIpc) is 2.60. The molecule has 7 nitrogen and oxygen atoms in total. The predicted octanol–water partition coefficient (Wildman–Crippen LogP) is -0.406. The molecule has 4 amide bonds. The Bertz CT molecular complexity index is 381. The fourth-order valence-corrected chi connectivity index (χ4v) is 1.82. The predicted molar refractivity (Wildman–Crippen MR) is 68.2 cm³/mol. The zero-order valence-electron chi connectivity index (χ0n) is 11.5. The van der Waals surface area contributed by atoms with E-state index < -0.39 is 23.4 Å². The van der Waals surface area contributed by atoms with E-state index in [2.05, 4.69) is 10.6 Å². The lowest BCUT2D eigenvalue weighted by Gasteiger charge is -2.20. The zero-order chi connectivity index (χ0) is 14.6. The maximum absolute atomic E-state index is 12.0. The molecule has 0 aliphatic carbocycles. The highest BCUT2D eigenvalue weighted by Crippen LogP contribution is 2.20. The van der Waals surface area contributed by atoms with Crippen LogP contribution in [-0.4, -0.2) is 52.6 Å². The molecule has 2 atom stereocenters. The first kappa shape index (κ1) is 15.4. The van der Waals surface area contributed by atoms with Crippen molar-refractivity contribution >= 4 is 17.8 Å². The first-order chi connectivity index (χ1) is 8.87. The van der Waals surface area contributed by atoms with Crippen molar-refractivity contribution in [3.05, 3.63) is 0 Å². The maximum atomic E-state index is 12.0. The minimum Gasteiger partial charge on any atom is -0.394 e. The summed E-state index contributed by atoms with van der Waals surface area (Å²) in [6.45, 7) is 4.75. The number of carbonyl (C=O) groups excluding carboxylic acids is 3. The molecule has 1 unspecified atom stereocenters. The van der Waals surface area contributed by atoms with Crippen LogP contribution >= 0.6 is 0 Å². The van der Waals surface area contributed by atoms with E-state index in [0.717, 1.165) is 4.90 Å². The van der Waals surface area contributed by atoms with Gasteiger partial charge < -0.3 is 15.7 Å². The van der Waals surface area contributed by atoms with Crippen molar-refractivity contribution in [2.75, 3.05) is 13.2 Å². The number of nitrogens with zero attached hydrogens (tertiary/aromatic N) is 1. The first-order valence-electron chi connectivity index (χ1n) is 6.42. The van der Waals surface area contributed by atoms with Gasteiger partial charge in [0.25, 0.3) is 5.91 Å². The van der Waals surface area contributed by atoms with Crippen LogP contribution in [-0.2, 0) is 9.59 Å². The standard InChI is InChI=1S/C12H21N3O4/c1-4-8(7-16)13-9(17)6-15-10(18)12(3,5-2)14-11(15)19/h8,16H,4-7H2,1-3H3,(H,13,17)(H,14,19)/t8-,12?/m1/s1. The Morgan fingerprint density at radius 2 is 2.11 bits per heavy atom. The van der Waals surface area contributed by atoms with Crippen LogP contribution in [0, 0.1) is 0 Å². The normalized spacial score (nSPS) is 24.3. The molecule has 7 heteroatoms. The van der Waals surface area contributed by atoms with Crippen LogP contribution in [0.15, 0.2) is 0 Å². The van der Waals surface area contributed by atoms with Gasteiger partial charge in [-0.1, -0.05) is 13.8 Å². The molecular weight excluding hydrogens is 250 g/mol. The van der Waals surface area contributed by atoms with Gasteiger partial charge in [-0.2, -0.15) is 0 Å². The molecule has 0 radical (unpaired) electrons. The molecule has 19 heavy (non-hydrogen) atoms. The lowest BCUT2D eigenvalue weighted by molar-refractivity contribution is -0.134. The Kier molecular flexibility index (Phi) is 4.88. The molecule has 0 bridgehead atoms. The summed E-state index contributed by atoms with van der Waals surface area (Å²) >= 11 is 0. The molecule has 108 valence electrons. The highest BCUT2D eigenvalue weighted by molar-refractivity contribution is 6.08. The fraction of sp³-hybridized carbons (Fsp3) is 0.750. The lowest BCUT2D eigenvalue weighted by Crippen LogP contribution is -2.46. The second-order valence-corrected chi connectivity index (χ2v) is 4.86. The van der Waals surface area contributed by atoms with Gasteiger partial charge in [0.1, 0.15) is 12.1 Å². The molecule has 0 aromatic carbocycles. The smallest absolute Gasteiger partial charge is 0.325 e. The summed E-state index contributed by atoms with van der Waals surface area (Å²) in [6.07, 6.45) is 1.04. The van der Waals surface area contributed by atoms with Crippen molar-refractivity contribution in [1.82, 2.24) is 15.5 Å². The van der Waals surface area contributed by atoms with Crippen LogP contribution in [0.4, 0.5) is 4.79 Å². The molecule has 1 fully saturated rings. The monoisotopic (exact) mass is 271 g/mol. The van der Waals surface area contributed by atoms with Gasteiger partial charge >= 0.3 is 6.03 Å². The highest BCUT2D eigenvalue weighted by Gasteiger charge is 2.46. The third-order valence-electron chi connectivity index (χ3n) is 3.43. The van der Waals surface area contributed by atoms with Crippen LogP contribution in [0.25, 0.3) is 0 Å². The Balaban J connectivity index is 2.65. The molecule has 1 aliphatic heterocycles. The first-order valence-corrected chi connectivity index (χ1v) is 6.42. The SMILES string of the molecule is CC[C@H](CO)NC(=O)CN1C(=O)NC(C)(CC)C1=O. The molecule has 1 saturated heterocycles.